The lowest BCUT2D eigenvalue weighted by Crippen LogP contribution is -2.23. The highest BCUT2D eigenvalue weighted by Crippen LogP contribution is 2.28. The monoisotopic (exact) mass is 240 g/mol. The van der Waals surface area contributed by atoms with Gasteiger partial charge < -0.3 is 10.5 Å². The summed E-state index contributed by atoms with van der Waals surface area (Å²) < 4.78 is 5.78. The number of nitrogen functional groups attached to an aromatic ring is 1. The normalized spacial score (nSPS) is 17.9. The Hall–Kier alpha value is -2.03. The third-order valence-corrected chi connectivity index (χ3v) is 3.30. The zero-order chi connectivity index (χ0) is 12.4. The molecule has 0 aliphatic carbocycles. The maximum absolute atomic E-state index is 5.78. The van der Waals surface area contributed by atoms with E-state index in [1.165, 1.54) is 5.56 Å². The summed E-state index contributed by atoms with van der Waals surface area (Å²) in [5, 5.41) is 0. The quantitative estimate of drug-likeness (QED) is 0.877. The molecule has 1 atom stereocenters. The average molecular weight is 240 g/mol. The summed E-state index contributed by atoms with van der Waals surface area (Å²) in [7, 11) is 0. The van der Waals surface area contributed by atoms with Gasteiger partial charge in [-0.3, -0.25) is 4.98 Å². The molecule has 0 unspecified atom stereocenters. The van der Waals surface area contributed by atoms with Crippen LogP contribution in [0, 0.1) is 5.92 Å². The first kappa shape index (κ1) is 11.1. The van der Waals surface area contributed by atoms with Gasteiger partial charge in [0.15, 0.2) is 0 Å². The van der Waals surface area contributed by atoms with Gasteiger partial charge in [-0.25, -0.2) is 0 Å². The number of para-hydroxylation sites is 1. The number of aromatic nitrogens is 1. The van der Waals surface area contributed by atoms with Crippen LogP contribution in [0.15, 0.2) is 42.6 Å². The van der Waals surface area contributed by atoms with Crippen LogP contribution in [0.2, 0.25) is 0 Å². The molecule has 18 heavy (non-hydrogen) atoms. The number of nitrogens with two attached hydrogens (primary N) is 1. The molecule has 2 heterocycles. The third-order valence-electron chi connectivity index (χ3n) is 3.30. The number of anilines is 1. The Morgan fingerprint density at radius 2 is 2.11 bits per heavy atom. The van der Waals surface area contributed by atoms with Gasteiger partial charge in [-0.05, 0) is 36.6 Å². The van der Waals surface area contributed by atoms with Crippen LogP contribution in [0.5, 0.6) is 5.75 Å². The Morgan fingerprint density at radius 3 is 2.94 bits per heavy atom. The fourth-order valence-electron chi connectivity index (χ4n) is 2.37. The summed E-state index contributed by atoms with van der Waals surface area (Å²) in [6, 6.07) is 12.1. The zero-order valence-electron chi connectivity index (χ0n) is 10.2. The molecule has 2 N–H and O–H groups in total. The standard InChI is InChI=1S/C15H16N2O/c16-13-5-6-14(17-9-13)8-11-7-12-3-1-2-4-15(12)18-10-11/h1-6,9,11H,7-8,10,16H2/t11-/m1/s1. The molecular weight excluding hydrogens is 224 g/mol. The van der Waals surface area contributed by atoms with E-state index >= 15 is 0 Å². The Balaban J connectivity index is 1.71. The topological polar surface area (TPSA) is 48.1 Å². The molecule has 2 aromatic rings. The molecule has 0 radical (unpaired) electrons. The van der Waals surface area contributed by atoms with E-state index in [1.807, 2.05) is 24.3 Å². The summed E-state index contributed by atoms with van der Waals surface area (Å²) in [5.41, 5.74) is 8.72. The van der Waals surface area contributed by atoms with E-state index in [9.17, 15) is 0 Å². The minimum absolute atomic E-state index is 0.496. The van der Waals surface area contributed by atoms with E-state index in [4.69, 9.17) is 10.5 Å². The minimum atomic E-state index is 0.496. The highest BCUT2D eigenvalue weighted by molar-refractivity contribution is 5.36. The Bertz CT molecular complexity index is 536. The van der Waals surface area contributed by atoms with Crippen LogP contribution in [0.4, 0.5) is 5.69 Å². The van der Waals surface area contributed by atoms with Crippen molar-refractivity contribution in [2.24, 2.45) is 5.92 Å². The summed E-state index contributed by atoms with van der Waals surface area (Å²) in [5.74, 6) is 1.52. The average Bonchev–Trinajstić information content (AvgIpc) is 2.41. The zero-order valence-corrected chi connectivity index (χ0v) is 10.2. The largest absolute Gasteiger partial charge is 0.493 e. The van der Waals surface area contributed by atoms with Gasteiger partial charge in [-0.1, -0.05) is 18.2 Å². The summed E-state index contributed by atoms with van der Waals surface area (Å²) in [4.78, 5) is 4.35. The van der Waals surface area contributed by atoms with Crippen LogP contribution in [-0.4, -0.2) is 11.6 Å². The predicted octanol–water partition coefficient (Wildman–Crippen LogP) is 2.46. The van der Waals surface area contributed by atoms with E-state index in [-0.39, 0.29) is 0 Å². The maximum Gasteiger partial charge on any atom is 0.122 e. The van der Waals surface area contributed by atoms with Crippen molar-refractivity contribution in [2.45, 2.75) is 12.8 Å². The SMILES string of the molecule is Nc1ccc(C[C@@H]2COc3ccccc3C2)nc1. The molecule has 3 heteroatoms. The van der Waals surface area contributed by atoms with Crippen LogP contribution in [-0.2, 0) is 12.8 Å². The lowest BCUT2D eigenvalue weighted by molar-refractivity contribution is 0.220. The fraction of sp³-hybridized carbons (Fsp3) is 0.267. The second kappa shape index (κ2) is 4.69. The Morgan fingerprint density at radius 1 is 1.22 bits per heavy atom. The van der Waals surface area contributed by atoms with Crippen molar-refractivity contribution in [2.75, 3.05) is 12.3 Å². The molecule has 3 nitrogen and oxygen atoms in total. The summed E-state index contributed by atoms with van der Waals surface area (Å²) in [6.07, 6.45) is 3.71. The number of nitrogens with zero attached hydrogens (tertiary/aromatic N) is 1. The molecular formula is C15H16N2O. The number of pyridine rings is 1. The number of fused-ring (bicyclic) bond motifs is 1. The molecule has 1 aliphatic rings. The van der Waals surface area contributed by atoms with Crippen molar-refractivity contribution in [3.8, 4) is 5.75 Å². The fourth-order valence-corrected chi connectivity index (χ4v) is 2.37. The molecule has 1 aromatic heterocycles. The van der Waals surface area contributed by atoms with Gasteiger partial charge in [0, 0.05) is 11.6 Å². The van der Waals surface area contributed by atoms with Crippen LogP contribution < -0.4 is 10.5 Å². The minimum Gasteiger partial charge on any atom is -0.493 e. The first-order valence-electron chi connectivity index (χ1n) is 6.22. The number of hydrogen-bond donors (Lipinski definition) is 1. The van der Waals surface area contributed by atoms with Gasteiger partial charge in [-0.2, -0.15) is 0 Å². The van der Waals surface area contributed by atoms with Crippen molar-refractivity contribution in [3.05, 3.63) is 53.9 Å². The number of rotatable bonds is 2. The van der Waals surface area contributed by atoms with E-state index < -0.39 is 0 Å². The van der Waals surface area contributed by atoms with Crippen molar-refractivity contribution >= 4 is 5.69 Å². The van der Waals surface area contributed by atoms with E-state index in [0.717, 1.165) is 30.9 Å². The molecule has 1 aliphatic heterocycles. The molecule has 0 fully saturated rings. The van der Waals surface area contributed by atoms with Crippen molar-refractivity contribution in [1.29, 1.82) is 0 Å². The Kier molecular flexibility index (Phi) is 2.89. The third kappa shape index (κ3) is 2.30. The summed E-state index contributed by atoms with van der Waals surface area (Å²) >= 11 is 0. The van der Waals surface area contributed by atoms with Crippen molar-refractivity contribution in [3.63, 3.8) is 0 Å². The van der Waals surface area contributed by atoms with E-state index in [2.05, 4.69) is 17.1 Å². The van der Waals surface area contributed by atoms with Crippen LogP contribution in [0.1, 0.15) is 11.3 Å². The highest BCUT2D eigenvalue weighted by atomic mass is 16.5. The predicted molar refractivity (Wildman–Crippen MR) is 71.5 cm³/mol. The van der Waals surface area contributed by atoms with E-state index in [0.29, 0.717) is 11.6 Å². The summed E-state index contributed by atoms with van der Waals surface area (Å²) in [6.45, 7) is 0.767. The first-order chi connectivity index (χ1) is 8.81. The molecule has 0 bridgehead atoms. The first-order valence-corrected chi connectivity index (χ1v) is 6.22. The Labute approximate surface area is 107 Å². The molecule has 1 aromatic carbocycles. The second-order valence-electron chi connectivity index (χ2n) is 4.78. The lowest BCUT2D eigenvalue weighted by atomic mass is 9.93. The maximum atomic E-state index is 5.78. The molecule has 0 amide bonds. The number of benzene rings is 1. The van der Waals surface area contributed by atoms with E-state index in [1.54, 1.807) is 6.20 Å². The molecule has 0 saturated carbocycles. The van der Waals surface area contributed by atoms with Crippen LogP contribution in [0.3, 0.4) is 0 Å². The van der Waals surface area contributed by atoms with Crippen molar-refractivity contribution < 1.29 is 4.74 Å². The molecule has 3 rings (SSSR count). The van der Waals surface area contributed by atoms with Crippen molar-refractivity contribution in [1.82, 2.24) is 4.98 Å². The molecule has 0 spiro atoms. The molecule has 0 saturated heterocycles. The van der Waals surface area contributed by atoms with Gasteiger partial charge >= 0.3 is 0 Å². The van der Waals surface area contributed by atoms with Gasteiger partial charge in [0.25, 0.3) is 0 Å². The molecule has 92 valence electrons. The highest BCUT2D eigenvalue weighted by Gasteiger charge is 2.19. The lowest BCUT2D eigenvalue weighted by Gasteiger charge is -2.25. The second-order valence-corrected chi connectivity index (χ2v) is 4.78. The van der Waals surface area contributed by atoms with Crippen LogP contribution >= 0.6 is 0 Å². The smallest absolute Gasteiger partial charge is 0.122 e. The number of hydrogen-bond acceptors (Lipinski definition) is 3. The van der Waals surface area contributed by atoms with Gasteiger partial charge in [0.2, 0.25) is 0 Å². The number of ether oxygens (including phenoxy) is 1. The van der Waals surface area contributed by atoms with Gasteiger partial charge in [0.1, 0.15) is 5.75 Å². The van der Waals surface area contributed by atoms with Gasteiger partial charge in [0.05, 0.1) is 18.5 Å². The van der Waals surface area contributed by atoms with Gasteiger partial charge in [-0.15, -0.1) is 0 Å². The van der Waals surface area contributed by atoms with Crippen LogP contribution in [0.25, 0.3) is 0 Å².